The molecule has 17 heavy (non-hydrogen) atoms. The van der Waals surface area contributed by atoms with Gasteiger partial charge in [0.25, 0.3) is 0 Å². The number of hydrogen-bond acceptors (Lipinski definition) is 2. The van der Waals surface area contributed by atoms with Gasteiger partial charge in [0.05, 0.1) is 6.07 Å². The van der Waals surface area contributed by atoms with Gasteiger partial charge in [-0.2, -0.15) is 17.0 Å². The molecule has 0 unspecified atom stereocenters. The summed E-state index contributed by atoms with van der Waals surface area (Å²) >= 11 is 2.16. The van der Waals surface area contributed by atoms with Crippen LogP contribution in [0, 0.1) is 29.1 Å². The van der Waals surface area contributed by atoms with Crippen molar-refractivity contribution in [3.8, 4) is 6.07 Å². The van der Waals surface area contributed by atoms with E-state index in [0.29, 0.717) is 4.75 Å². The second-order valence-corrected chi connectivity index (χ2v) is 7.95. The van der Waals surface area contributed by atoms with E-state index >= 15 is 0 Å². The van der Waals surface area contributed by atoms with Crippen molar-refractivity contribution in [2.45, 2.75) is 50.2 Å². The summed E-state index contributed by atoms with van der Waals surface area (Å²) in [5, 5.41) is 8.66. The van der Waals surface area contributed by atoms with Crippen molar-refractivity contribution < 1.29 is 0 Å². The van der Waals surface area contributed by atoms with Gasteiger partial charge >= 0.3 is 0 Å². The van der Waals surface area contributed by atoms with Gasteiger partial charge < -0.3 is 0 Å². The number of nitrogens with zero attached hydrogens (tertiary/aromatic N) is 1. The molecule has 4 saturated carbocycles. The van der Waals surface area contributed by atoms with Gasteiger partial charge in [0, 0.05) is 16.6 Å². The Hall–Kier alpha value is -0.420. The lowest BCUT2D eigenvalue weighted by Gasteiger charge is -2.56. The van der Waals surface area contributed by atoms with Crippen LogP contribution in [-0.4, -0.2) is 10.5 Å². The highest BCUT2D eigenvalue weighted by Crippen LogP contribution is 2.60. The minimum atomic E-state index is 0.597. The number of thioether (sulfide) groups is 1. The molecular formula is C15H21NS. The first kappa shape index (κ1) is 11.7. The van der Waals surface area contributed by atoms with Crippen LogP contribution in [-0.2, 0) is 0 Å². The van der Waals surface area contributed by atoms with Gasteiger partial charge in [-0.05, 0) is 63.2 Å². The van der Waals surface area contributed by atoms with Gasteiger partial charge in [0.15, 0.2) is 0 Å². The first-order valence-corrected chi connectivity index (χ1v) is 7.87. The second kappa shape index (κ2) is 4.35. The van der Waals surface area contributed by atoms with Crippen LogP contribution >= 0.6 is 11.8 Å². The normalized spacial score (nSPS) is 43.8. The van der Waals surface area contributed by atoms with E-state index in [1.807, 2.05) is 0 Å². The van der Waals surface area contributed by atoms with Crippen molar-refractivity contribution in [2.75, 3.05) is 5.75 Å². The van der Waals surface area contributed by atoms with Gasteiger partial charge in [-0.3, -0.25) is 0 Å². The van der Waals surface area contributed by atoms with Crippen molar-refractivity contribution in [1.82, 2.24) is 0 Å². The topological polar surface area (TPSA) is 23.8 Å². The molecule has 2 heteroatoms. The van der Waals surface area contributed by atoms with Crippen molar-refractivity contribution in [2.24, 2.45) is 17.8 Å². The standard InChI is InChI=1S/C15H21NS/c1-11(2-3-16)10-17-15-7-12-4-13(8-15)6-14(5-12)9-15/h2,12-14H,4-10H2,1H3/b11-2+. The van der Waals surface area contributed by atoms with E-state index in [0.717, 1.165) is 23.5 Å². The summed E-state index contributed by atoms with van der Waals surface area (Å²) in [7, 11) is 0. The first-order chi connectivity index (χ1) is 8.19. The Kier molecular flexibility index (Phi) is 2.99. The molecular weight excluding hydrogens is 226 g/mol. The Morgan fingerprint density at radius 2 is 1.76 bits per heavy atom. The molecule has 0 amide bonds. The lowest BCUT2D eigenvalue weighted by molar-refractivity contribution is 0.0384. The third-order valence-electron chi connectivity index (χ3n) is 4.90. The van der Waals surface area contributed by atoms with Crippen molar-refractivity contribution >= 4 is 11.8 Å². The van der Waals surface area contributed by atoms with Crippen LogP contribution in [0.15, 0.2) is 11.6 Å². The van der Waals surface area contributed by atoms with Crippen LogP contribution in [0.4, 0.5) is 0 Å². The Morgan fingerprint density at radius 1 is 1.24 bits per heavy atom. The highest BCUT2D eigenvalue weighted by molar-refractivity contribution is 8.00. The van der Waals surface area contributed by atoms with E-state index in [1.165, 1.54) is 44.1 Å². The van der Waals surface area contributed by atoms with Crippen molar-refractivity contribution in [3.05, 3.63) is 11.6 Å². The summed E-state index contributed by atoms with van der Waals surface area (Å²) in [5.74, 6) is 4.18. The summed E-state index contributed by atoms with van der Waals surface area (Å²) in [6, 6.07) is 2.15. The fraction of sp³-hybridized carbons (Fsp3) is 0.800. The third-order valence-corrected chi connectivity index (χ3v) is 6.61. The van der Waals surface area contributed by atoms with Crippen LogP contribution in [0.1, 0.15) is 45.4 Å². The molecule has 0 aromatic rings. The number of nitriles is 1. The lowest BCUT2D eigenvalue weighted by atomic mass is 9.56. The van der Waals surface area contributed by atoms with Gasteiger partial charge in [-0.25, -0.2) is 0 Å². The van der Waals surface area contributed by atoms with E-state index in [2.05, 4.69) is 24.8 Å². The summed E-state index contributed by atoms with van der Waals surface area (Å²) < 4.78 is 0.597. The molecule has 0 spiro atoms. The molecule has 0 heterocycles. The van der Waals surface area contributed by atoms with E-state index < -0.39 is 0 Å². The molecule has 0 aliphatic heterocycles. The molecule has 4 aliphatic carbocycles. The Morgan fingerprint density at radius 3 is 2.24 bits per heavy atom. The van der Waals surface area contributed by atoms with Crippen molar-refractivity contribution in [3.63, 3.8) is 0 Å². The Balaban J connectivity index is 1.67. The average molecular weight is 247 g/mol. The maximum Gasteiger partial charge on any atom is 0.0911 e. The average Bonchev–Trinajstić information content (AvgIpc) is 2.25. The Labute approximate surface area is 109 Å². The predicted molar refractivity (Wildman–Crippen MR) is 72.7 cm³/mol. The Bertz CT molecular complexity index is 342. The molecule has 4 fully saturated rings. The highest BCUT2D eigenvalue weighted by Gasteiger charge is 2.50. The zero-order valence-corrected chi connectivity index (χ0v) is 11.4. The smallest absolute Gasteiger partial charge is 0.0911 e. The van der Waals surface area contributed by atoms with Crippen LogP contribution in [0.3, 0.4) is 0 Å². The van der Waals surface area contributed by atoms with Crippen LogP contribution in [0.2, 0.25) is 0 Å². The molecule has 0 radical (unpaired) electrons. The maximum absolute atomic E-state index is 8.66. The molecule has 0 aromatic carbocycles. The fourth-order valence-electron chi connectivity index (χ4n) is 4.63. The minimum Gasteiger partial charge on any atom is -0.193 e. The van der Waals surface area contributed by atoms with E-state index in [-0.39, 0.29) is 0 Å². The largest absolute Gasteiger partial charge is 0.193 e. The summed E-state index contributed by atoms with van der Waals surface area (Å²) in [6.07, 6.45) is 10.7. The van der Waals surface area contributed by atoms with E-state index in [9.17, 15) is 0 Å². The minimum absolute atomic E-state index is 0.597. The zero-order chi connectivity index (χ0) is 11.9. The quantitative estimate of drug-likeness (QED) is 0.699. The van der Waals surface area contributed by atoms with Crippen molar-refractivity contribution in [1.29, 1.82) is 5.26 Å². The van der Waals surface area contributed by atoms with E-state index in [4.69, 9.17) is 5.26 Å². The second-order valence-electron chi connectivity index (χ2n) is 6.51. The molecule has 0 N–H and O–H groups in total. The zero-order valence-electron chi connectivity index (χ0n) is 10.6. The molecule has 4 rings (SSSR count). The molecule has 1 nitrogen and oxygen atoms in total. The molecule has 4 bridgehead atoms. The number of rotatable bonds is 3. The summed E-state index contributed by atoms with van der Waals surface area (Å²) in [4.78, 5) is 0. The number of allylic oxidation sites excluding steroid dienone is 1. The maximum atomic E-state index is 8.66. The van der Waals surface area contributed by atoms with Gasteiger partial charge in [0.1, 0.15) is 0 Å². The SMILES string of the molecule is C/C(=C\C#N)CSC12CC3CC(CC(C3)C1)C2. The molecule has 4 aliphatic rings. The van der Waals surface area contributed by atoms with Crippen LogP contribution < -0.4 is 0 Å². The van der Waals surface area contributed by atoms with Crippen LogP contribution in [0.25, 0.3) is 0 Å². The fourth-order valence-corrected chi connectivity index (χ4v) is 6.30. The van der Waals surface area contributed by atoms with E-state index in [1.54, 1.807) is 6.08 Å². The summed E-state index contributed by atoms with van der Waals surface area (Å²) in [5.41, 5.74) is 1.24. The summed E-state index contributed by atoms with van der Waals surface area (Å²) in [6.45, 7) is 2.09. The molecule has 0 saturated heterocycles. The molecule has 0 aromatic heterocycles. The van der Waals surface area contributed by atoms with Crippen LogP contribution in [0.5, 0.6) is 0 Å². The first-order valence-electron chi connectivity index (χ1n) is 6.88. The third kappa shape index (κ3) is 2.27. The monoisotopic (exact) mass is 247 g/mol. The molecule has 92 valence electrons. The van der Waals surface area contributed by atoms with Gasteiger partial charge in [0.2, 0.25) is 0 Å². The van der Waals surface area contributed by atoms with Gasteiger partial charge in [-0.1, -0.05) is 5.57 Å². The van der Waals surface area contributed by atoms with Gasteiger partial charge in [-0.15, -0.1) is 0 Å². The lowest BCUT2D eigenvalue weighted by Crippen LogP contribution is -2.48. The highest BCUT2D eigenvalue weighted by atomic mass is 32.2. The molecule has 0 atom stereocenters. The number of hydrogen-bond donors (Lipinski definition) is 0. The predicted octanol–water partition coefficient (Wildman–Crippen LogP) is 4.16.